The second kappa shape index (κ2) is 45.9. The molecule has 6 heteroatoms. The van der Waals surface area contributed by atoms with Crippen LogP contribution in [0.15, 0.2) is 0 Å². The van der Waals surface area contributed by atoms with Crippen LogP contribution in [0.25, 0.3) is 0 Å². The molecule has 350 valence electrons. The Morgan fingerprint density at radius 3 is 0.831 bits per heavy atom. The van der Waals surface area contributed by atoms with Gasteiger partial charge in [0.05, 0.1) is 0 Å². The average molecular weight is 835 g/mol. The zero-order valence-corrected chi connectivity index (χ0v) is 40.4. The Bertz CT molecular complexity index is 900. The number of carbonyl (C=O) groups is 3. The van der Waals surface area contributed by atoms with E-state index in [0.29, 0.717) is 19.3 Å². The minimum atomic E-state index is -0.762. The molecule has 59 heavy (non-hydrogen) atoms. The Morgan fingerprint density at radius 1 is 0.322 bits per heavy atom. The summed E-state index contributed by atoms with van der Waals surface area (Å²) >= 11 is 0. The summed E-state index contributed by atoms with van der Waals surface area (Å²) in [7, 11) is 0. The van der Waals surface area contributed by atoms with Crippen molar-refractivity contribution in [2.45, 2.75) is 298 Å². The number of unbranched alkanes of at least 4 members (excludes halogenated alkanes) is 32. The zero-order chi connectivity index (χ0) is 43.3. The highest BCUT2D eigenvalue weighted by molar-refractivity contribution is 5.71. The smallest absolute Gasteiger partial charge is 0.306 e. The monoisotopic (exact) mass is 835 g/mol. The molecule has 0 rings (SSSR count). The first-order valence-electron chi connectivity index (χ1n) is 26.2. The maximum atomic E-state index is 12.7. The minimum Gasteiger partial charge on any atom is -0.462 e. The van der Waals surface area contributed by atoms with E-state index < -0.39 is 6.10 Å². The van der Waals surface area contributed by atoms with Crippen molar-refractivity contribution in [3.05, 3.63) is 0 Å². The molecule has 0 bridgehead atoms. The summed E-state index contributed by atoms with van der Waals surface area (Å²) < 4.78 is 16.8. The molecule has 0 fully saturated rings. The topological polar surface area (TPSA) is 78.9 Å². The molecular weight excluding hydrogens is 733 g/mol. The Kier molecular flexibility index (Phi) is 44.7. The lowest BCUT2D eigenvalue weighted by atomic mass is 10.0. The van der Waals surface area contributed by atoms with E-state index in [1.54, 1.807) is 0 Å². The maximum absolute atomic E-state index is 12.7. The van der Waals surface area contributed by atoms with Gasteiger partial charge in [0.1, 0.15) is 13.2 Å². The van der Waals surface area contributed by atoms with Gasteiger partial charge in [0, 0.05) is 19.3 Å². The Morgan fingerprint density at radius 2 is 0.559 bits per heavy atom. The number of hydrogen-bond donors (Lipinski definition) is 0. The van der Waals surface area contributed by atoms with Crippen molar-refractivity contribution in [3.63, 3.8) is 0 Å². The molecule has 6 nitrogen and oxygen atoms in total. The van der Waals surface area contributed by atoms with Crippen LogP contribution in [0.3, 0.4) is 0 Å². The third kappa shape index (κ3) is 47.3. The van der Waals surface area contributed by atoms with Crippen LogP contribution in [0.1, 0.15) is 291 Å². The summed E-state index contributed by atoms with van der Waals surface area (Å²) in [4.78, 5) is 37.9. The molecule has 0 aliphatic heterocycles. The molecule has 0 aromatic carbocycles. The van der Waals surface area contributed by atoms with Crippen LogP contribution in [-0.2, 0) is 28.6 Å². The number of hydrogen-bond acceptors (Lipinski definition) is 6. The number of ether oxygens (including phenoxy) is 3. The van der Waals surface area contributed by atoms with E-state index in [2.05, 4.69) is 34.6 Å². The largest absolute Gasteiger partial charge is 0.462 e. The number of carbonyl (C=O) groups excluding carboxylic acids is 3. The number of rotatable bonds is 47. The first-order chi connectivity index (χ1) is 28.7. The van der Waals surface area contributed by atoms with E-state index in [0.717, 1.165) is 69.6 Å². The first-order valence-corrected chi connectivity index (χ1v) is 26.2. The Labute approximate surface area is 368 Å². The lowest BCUT2D eigenvalue weighted by molar-refractivity contribution is -0.167. The molecule has 1 atom stereocenters. The molecule has 0 saturated heterocycles. The van der Waals surface area contributed by atoms with E-state index in [1.165, 1.54) is 180 Å². The Balaban J connectivity index is 4.23. The van der Waals surface area contributed by atoms with Crippen molar-refractivity contribution in [2.24, 2.45) is 11.8 Å². The molecule has 0 heterocycles. The molecule has 0 aliphatic carbocycles. The van der Waals surface area contributed by atoms with Gasteiger partial charge in [-0.1, -0.05) is 253 Å². The highest BCUT2D eigenvalue weighted by Gasteiger charge is 2.19. The molecule has 0 aromatic heterocycles. The molecule has 0 amide bonds. The van der Waals surface area contributed by atoms with E-state index in [9.17, 15) is 14.4 Å². The SMILES string of the molecule is CCCCCCCCCCCCCCCCCC(=O)OC[C@H](COC(=O)CCCCCCCCCCCCCCCCC(C)C)OC(=O)CCCCCCCCC(C)C. The van der Waals surface area contributed by atoms with Gasteiger partial charge < -0.3 is 14.2 Å². The average Bonchev–Trinajstić information content (AvgIpc) is 3.20. The zero-order valence-electron chi connectivity index (χ0n) is 40.4. The summed E-state index contributed by atoms with van der Waals surface area (Å²) in [5.41, 5.74) is 0. The van der Waals surface area contributed by atoms with Gasteiger partial charge in [0.25, 0.3) is 0 Å². The van der Waals surface area contributed by atoms with E-state index >= 15 is 0 Å². The fourth-order valence-corrected chi connectivity index (χ4v) is 7.99. The summed E-state index contributed by atoms with van der Waals surface area (Å²) in [5, 5.41) is 0. The summed E-state index contributed by atoms with van der Waals surface area (Å²) in [5.74, 6) is 0.751. The molecule has 0 radical (unpaired) electrons. The predicted molar refractivity (Wildman–Crippen MR) is 252 cm³/mol. The fourth-order valence-electron chi connectivity index (χ4n) is 7.99. The summed E-state index contributed by atoms with van der Waals surface area (Å²) in [6, 6.07) is 0. The molecular formula is C53H102O6. The summed E-state index contributed by atoms with van der Waals surface area (Å²) in [6.07, 6.45) is 46.8. The predicted octanol–water partition coefficient (Wildman–Crippen LogP) is 16.9. The van der Waals surface area contributed by atoms with Gasteiger partial charge in [0.2, 0.25) is 0 Å². The quantitative estimate of drug-likeness (QED) is 0.0345. The van der Waals surface area contributed by atoms with Gasteiger partial charge in [0.15, 0.2) is 6.10 Å². The van der Waals surface area contributed by atoms with E-state index in [-0.39, 0.29) is 31.1 Å². The van der Waals surface area contributed by atoms with E-state index in [4.69, 9.17) is 14.2 Å². The third-order valence-electron chi connectivity index (χ3n) is 12.0. The highest BCUT2D eigenvalue weighted by Crippen LogP contribution is 2.17. The minimum absolute atomic E-state index is 0.0646. The van der Waals surface area contributed by atoms with Crippen LogP contribution in [0, 0.1) is 11.8 Å². The van der Waals surface area contributed by atoms with Gasteiger partial charge in [-0.25, -0.2) is 0 Å². The van der Waals surface area contributed by atoms with Crippen LogP contribution in [0.2, 0.25) is 0 Å². The van der Waals surface area contributed by atoms with Gasteiger partial charge >= 0.3 is 17.9 Å². The second-order valence-electron chi connectivity index (χ2n) is 19.1. The lowest BCUT2D eigenvalue weighted by Gasteiger charge is -2.18. The highest BCUT2D eigenvalue weighted by atomic mass is 16.6. The van der Waals surface area contributed by atoms with Gasteiger partial charge in [-0.15, -0.1) is 0 Å². The van der Waals surface area contributed by atoms with Crippen molar-refractivity contribution in [3.8, 4) is 0 Å². The number of esters is 3. The summed E-state index contributed by atoms with van der Waals surface area (Å²) in [6.45, 7) is 11.3. The third-order valence-corrected chi connectivity index (χ3v) is 12.0. The molecule has 0 aliphatic rings. The fraction of sp³-hybridized carbons (Fsp3) is 0.943. The van der Waals surface area contributed by atoms with Gasteiger partial charge in [-0.3, -0.25) is 14.4 Å². The molecule has 0 unspecified atom stereocenters. The van der Waals surface area contributed by atoms with E-state index in [1.807, 2.05) is 0 Å². The van der Waals surface area contributed by atoms with Crippen LogP contribution in [-0.4, -0.2) is 37.2 Å². The van der Waals surface area contributed by atoms with Crippen molar-refractivity contribution >= 4 is 17.9 Å². The lowest BCUT2D eigenvalue weighted by Crippen LogP contribution is -2.30. The normalized spacial score (nSPS) is 12.1. The molecule has 0 spiro atoms. The van der Waals surface area contributed by atoms with Crippen molar-refractivity contribution in [1.29, 1.82) is 0 Å². The van der Waals surface area contributed by atoms with Crippen LogP contribution < -0.4 is 0 Å². The van der Waals surface area contributed by atoms with Crippen LogP contribution in [0.5, 0.6) is 0 Å². The van der Waals surface area contributed by atoms with Crippen LogP contribution >= 0.6 is 0 Å². The van der Waals surface area contributed by atoms with Crippen LogP contribution in [0.4, 0.5) is 0 Å². The Hall–Kier alpha value is -1.59. The van der Waals surface area contributed by atoms with Crippen molar-refractivity contribution in [1.82, 2.24) is 0 Å². The standard InChI is InChI=1S/C53H102O6/c1-6-7-8-9-10-11-12-13-14-18-21-24-27-33-38-43-51(54)57-46-50(59-53(56)45-40-35-30-29-32-37-42-49(4)5)47-58-52(55)44-39-34-28-25-22-19-16-15-17-20-23-26-31-36-41-48(2)3/h48-50H,6-47H2,1-5H3/t50-/m1/s1. The van der Waals surface area contributed by atoms with Gasteiger partial charge in [-0.05, 0) is 31.1 Å². The van der Waals surface area contributed by atoms with Gasteiger partial charge in [-0.2, -0.15) is 0 Å². The second-order valence-corrected chi connectivity index (χ2v) is 19.1. The maximum Gasteiger partial charge on any atom is 0.306 e. The molecule has 0 saturated carbocycles. The molecule has 0 aromatic rings. The van der Waals surface area contributed by atoms with Crippen molar-refractivity contribution in [2.75, 3.05) is 13.2 Å². The molecule has 0 N–H and O–H groups in total. The first kappa shape index (κ1) is 57.4. The van der Waals surface area contributed by atoms with Crippen molar-refractivity contribution < 1.29 is 28.6 Å².